The van der Waals surface area contributed by atoms with Gasteiger partial charge in [-0.15, -0.1) is 0 Å². The van der Waals surface area contributed by atoms with E-state index in [1.807, 2.05) is 45.3 Å². The van der Waals surface area contributed by atoms with Crippen LogP contribution in [-0.2, 0) is 16.0 Å². The molecule has 7 nitrogen and oxygen atoms in total. The van der Waals surface area contributed by atoms with Crippen LogP contribution in [-0.4, -0.2) is 55.9 Å². The second-order valence-electron chi connectivity index (χ2n) is 8.89. The fourth-order valence-corrected chi connectivity index (χ4v) is 4.47. The average Bonchev–Trinajstić information content (AvgIpc) is 2.78. The van der Waals surface area contributed by atoms with E-state index in [4.69, 9.17) is 0 Å². The molecule has 1 atom stereocenters. The lowest BCUT2D eigenvalue weighted by molar-refractivity contribution is -0.136. The second kappa shape index (κ2) is 9.58. The van der Waals surface area contributed by atoms with Crippen LogP contribution in [0.15, 0.2) is 48.5 Å². The first-order valence-electron chi connectivity index (χ1n) is 11.3. The van der Waals surface area contributed by atoms with Crippen LogP contribution in [0, 0.1) is 6.92 Å². The summed E-state index contributed by atoms with van der Waals surface area (Å²) < 4.78 is 0. The molecule has 33 heavy (non-hydrogen) atoms. The van der Waals surface area contributed by atoms with E-state index < -0.39 is 11.8 Å². The van der Waals surface area contributed by atoms with Gasteiger partial charge in [0.2, 0.25) is 0 Å². The minimum Gasteiger partial charge on any atom is -0.374 e. The van der Waals surface area contributed by atoms with E-state index in [9.17, 15) is 9.59 Å². The van der Waals surface area contributed by atoms with Crippen molar-refractivity contribution in [1.29, 1.82) is 0 Å². The van der Waals surface area contributed by atoms with E-state index in [1.165, 1.54) is 11.3 Å². The van der Waals surface area contributed by atoms with Gasteiger partial charge in [0.1, 0.15) is 0 Å². The zero-order valence-electron chi connectivity index (χ0n) is 19.7. The maximum Gasteiger partial charge on any atom is 0.313 e. The number of carbonyl (C=O) groups excluding carboxylic acids is 2. The number of anilines is 2. The Labute approximate surface area is 194 Å². The van der Waals surface area contributed by atoms with Crippen LogP contribution >= 0.6 is 0 Å². The zero-order valence-corrected chi connectivity index (χ0v) is 19.7. The molecule has 0 fully saturated rings. The molecule has 1 aromatic heterocycles. The summed E-state index contributed by atoms with van der Waals surface area (Å²) in [6.07, 6.45) is 2.20. The molecule has 2 amide bonds. The van der Waals surface area contributed by atoms with Crippen molar-refractivity contribution in [1.82, 2.24) is 15.2 Å². The third kappa shape index (κ3) is 4.98. The quantitative estimate of drug-likeness (QED) is 0.590. The van der Waals surface area contributed by atoms with Crippen molar-refractivity contribution in [3.63, 3.8) is 0 Å². The summed E-state index contributed by atoms with van der Waals surface area (Å²) in [5.41, 5.74) is 5.86. The molecule has 1 aliphatic rings. The van der Waals surface area contributed by atoms with Crippen LogP contribution in [0.5, 0.6) is 0 Å². The highest BCUT2D eigenvalue weighted by Gasteiger charge is 2.22. The number of carbonyl (C=O) groups is 2. The molecule has 2 aromatic carbocycles. The van der Waals surface area contributed by atoms with Crippen LogP contribution in [0.4, 0.5) is 11.4 Å². The number of fused-ring (bicyclic) bond motifs is 2. The highest BCUT2D eigenvalue weighted by molar-refractivity contribution is 6.40. The van der Waals surface area contributed by atoms with Gasteiger partial charge < -0.3 is 20.4 Å². The molecule has 172 valence electrons. The van der Waals surface area contributed by atoms with Crippen molar-refractivity contribution in [2.24, 2.45) is 0 Å². The van der Waals surface area contributed by atoms with Crippen molar-refractivity contribution in [2.45, 2.75) is 25.8 Å². The number of nitrogens with one attached hydrogen (secondary N) is 2. The van der Waals surface area contributed by atoms with E-state index in [-0.39, 0.29) is 6.04 Å². The monoisotopic (exact) mass is 445 g/mol. The van der Waals surface area contributed by atoms with Gasteiger partial charge in [0.15, 0.2) is 0 Å². The molecule has 2 N–H and O–H groups in total. The van der Waals surface area contributed by atoms with Gasteiger partial charge >= 0.3 is 11.8 Å². The largest absolute Gasteiger partial charge is 0.374 e. The molecule has 1 aliphatic heterocycles. The molecule has 0 radical (unpaired) electrons. The van der Waals surface area contributed by atoms with Crippen LogP contribution in [0.25, 0.3) is 10.9 Å². The summed E-state index contributed by atoms with van der Waals surface area (Å²) in [7, 11) is 6.08. The molecular formula is C26H31N5O2. The molecule has 0 unspecified atom stereocenters. The Morgan fingerprint density at radius 3 is 2.70 bits per heavy atom. The molecule has 0 saturated heterocycles. The maximum atomic E-state index is 12.7. The second-order valence-corrected chi connectivity index (χ2v) is 8.89. The minimum absolute atomic E-state index is 0.0386. The SMILES string of the molecule is Cc1cc(NC(=O)C(=O)NC[C@@H](c2ccc3c(c2)CCCN3C)N(C)C)c2ccccc2n1. The Hall–Kier alpha value is -3.45. The lowest BCUT2D eigenvalue weighted by atomic mass is 9.96. The first kappa shape index (κ1) is 22.7. The van der Waals surface area contributed by atoms with Gasteiger partial charge in [0.05, 0.1) is 17.2 Å². The van der Waals surface area contributed by atoms with Crippen molar-refractivity contribution in [2.75, 3.05) is 44.4 Å². The van der Waals surface area contributed by atoms with Gasteiger partial charge in [0, 0.05) is 36.9 Å². The lowest BCUT2D eigenvalue weighted by Crippen LogP contribution is -2.40. The zero-order chi connectivity index (χ0) is 23.5. The Balaban J connectivity index is 1.45. The number of benzene rings is 2. The first-order valence-corrected chi connectivity index (χ1v) is 11.3. The summed E-state index contributed by atoms with van der Waals surface area (Å²) in [5.74, 6) is -1.34. The number of nitrogens with zero attached hydrogens (tertiary/aromatic N) is 3. The summed E-state index contributed by atoms with van der Waals surface area (Å²) in [5, 5.41) is 6.37. The number of hydrogen-bond donors (Lipinski definition) is 2. The third-order valence-corrected chi connectivity index (χ3v) is 6.22. The number of para-hydroxylation sites is 1. The molecule has 7 heteroatoms. The summed E-state index contributed by atoms with van der Waals surface area (Å²) in [6.45, 7) is 3.27. The molecule has 4 rings (SSSR count). The van der Waals surface area contributed by atoms with Crippen LogP contribution < -0.4 is 15.5 Å². The Morgan fingerprint density at radius 1 is 1.12 bits per heavy atom. The fraction of sp³-hybridized carbons (Fsp3) is 0.346. The van der Waals surface area contributed by atoms with E-state index in [2.05, 4.69) is 50.7 Å². The van der Waals surface area contributed by atoms with Crippen LogP contribution in [0.2, 0.25) is 0 Å². The standard InChI is InChI=1S/C26H31N5O2/c1-17-14-22(20-9-5-6-10-21(20)28-17)29-26(33)25(32)27-16-24(30(2)3)19-11-12-23-18(15-19)8-7-13-31(23)4/h5-6,9-12,14-15,24H,7-8,13,16H2,1-4H3,(H,27,32)(H,28,29,33)/t24-/m0/s1. The number of pyridine rings is 1. The summed E-state index contributed by atoms with van der Waals surface area (Å²) in [6, 6.07) is 15.8. The number of amides is 2. The average molecular weight is 446 g/mol. The molecular weight excluding hydrogens is 414 g/mol. The molecule has 2 heterocycles. The van der Waals surface area contributed by atoms with Gasteiger partial charge in [-0.1, -0.05) is 30.3 Å². The predicted octanol–water partition coefficient (Wildman–Crippen LogP) is 3.28. The van der Waals surface area contributed by atoms with Crippen molar-refractivity contribution in [3.05, 3.63) is 65.4 Å². The Kier molecular flexibility index (Phi) is 6.60. The topological polar surface area (TPSA) is 77.6 Å². The number of aromatic nitrogens is 1. The highest BCUT2D eigenvalue weighted by Crippen LogP contribution is 2.30. The molecule has 0 aliphatic carbocycles. The van der Waals surface area contributed by atoms with Gasteiger partial charge in [-0.25, -0.2) is 0 Å². The van der Waals surface area contributed by atoms with E-state index in [0.717, 1.165) is 41.5 Å². The minimum atomic E-state index is -0.685. The molecule has 0 spiro atoms. The number of rotatable bonds is 5. The van der Waals surface area contributed by atoms with Crippen molar-refractivity contribution in [3.8, 4) is 0 Å². The summed E-state index contributed by atoms with van der Waals surface area (Å²) in [4.78, 5) is 34.1. The number of likely N-dealkylation sites (N-methyl/N-ethyl adjacent to an activating group) is 1. The predicted molar refractivity (Wildman–Crippen MR) is 133 cm³/mol. The maximum absolute atomic E-state index is 12.7. The number of hydrogen-bond acceptors (Lipinski definition) is 5. The lowest BCUT2D eigenvalue weighted by Gasteiger charge is -2.30. The summed E-state index contributed by atoms with van der Waals surface area (Å²) >= 11 is 0. The van der Waals surface area contributed by atoms with Gasteiger partial charge in [-0.2, -0.15) is 0 Å². The van der Waals surface area contributed by atoms with Crippen LogP contribution in [0.3, 0.4) is 0 Å². The van der Waals surface area contributed by atoms with Gasteiger partial charge in [-0.05, 0) is 63.2 Å². The molecule has 0 saturated carbocycles. The third-order valence-electron chi connectivity index (χ3n) is 6.22. The fourth-order valence-electron chi connectivity index (χ4n) is 4.47. The van der Waals surface area contributed by atoms with Crippen LogP contribution in [0.1, 0.15) is 29.3 Å². The normalized spacial score (nSPS) is 14.2. The van der Waals surface area contributed by atoms with Gasteiger partial charge in [0.25, 0.3) is 0 Å². The molecule has 0 bridgehead atoms. The Bertz CT molecular complexity index is 1190. The van der Waals surface area contributed by atoms with Crippen molar-refractivity contribution >= 4 is 34.1 Å². The van der Waals surface area contributed by atoms with Gasteiger partial charge in [-0.3, -0.25) is 14.6 Å². The van der Waals surface area contributed by atoms with E-state index in [1.54, 1.807) is 6.07 Å². The van der Waals surface area contributed by atoms with E-state index >= 15 is 0 Å². The Morgan fingerprint density at radius 2 is 1.91 bits per heavy atom. The molecule has 3 aromatic rings. The van der Waals surface area contributed by atoms with Crippen molar-refractivity contribution < 1.29 is 9.59 Å². The smallest absolute Gasteiger partial charge is 0.313 e. The van der Waals surface area contributed by atoms with E-state index in [0.29, 0.717) is 12.2 Å². The highest BCUT2D eigenvalue weighted by atomic mass is 16.2. The number of aryl methyl sites for hydroxylation is 2. The first-order chi connectivity index (χ1) is 15.8.